The van der Waals surface area contributed by atoms with Crippen LogP contribution in [-0.4, -0.2) is 30.8 Å². The first-order valence-corrected chi connectivity index (χ1v) is 9.37. The molecule has 0 fully saturated rings. The summed E-state index contributed by atoms with van der Waals surface area (Å²) in [6, 6.07) is 6.96. The van der Waals surface area contributed by atoms with Gasteiger partial charge in [0.1, 0.15) is 16.9 Å². The number of H-pyrrole nitrogens is 1. The van der Waals surface area contributed by atoms with Crippen molar-refractivity contribution in [2.45, 2.75) is 49.7 Å². The van der Waals surface area contributed by atoms with E-state index in [9.17, 15) is 14.3 Å². The Bertz CT molecular complexity index is 1020. The first-order valence-electron chi connectivity index (χ1n) is 8.55. The lowest BCUT2D eigenvalue weighted by atomic mass is 9.91. The molecule has 0 amide bonds. The zero-order valence-electron chi connectivity index (χ0n) is 15.9. The summed E-state index contributed by atoms with van der Waals surface area (Å²) < 4.78 is 13.9. The molecule has 0 aliphatic rings. The SMILES string of the molecule is CC(C)(Sc1ccc2[nH]c(-c3cc(C(C)(C)C)ncn3)cc2c1F)C(=O)O. The predicted octanol–water partition coefficient (Wildman–Crippen LogP) is 5.02. The summed E-state index contributed by atoms with van der Waals surface area (Å²) in [6.07, 6.45) is 1.51. The molecule has 2 aromatic heterocycles. The molecule has 0 saturated heterocycles. The molecule has 5 nitrogen and oxygen atoms in total. The third-order valence-electron chi connectivity index (χ3n) is 4.29. The van der Waals surface area contributed by atoms with Crippen LogP contribution in [0.2, 0.25) is 0 Å². The van der Waals surface area contributed by atoms with Gasteiger partial charge in [0.05, 0.1) is 11.4 Å². The number of nitrogens with zero attached hydrogens (tertiary/aromatic N) is 2. The first kappa shape index (κ1) is 19.4. The van der Waals surface area contributed by atoms with Crippen molar-refractivity contribution in [1.82, 2.24) is 15.0 Å². The molecule has 0 spiro atoms. The zero-order chi connectivity index (χ0) is 20.0. The second-order valence-electron chi connectivity index (χ2n) is 7.98. The summed E-state index contributed by atoms with van der Waals surface area (Å²) in [5.41, 5.74) is 2.78. The minimum absolute atomic E-state index is 0.124. The van der Waals surface area contributed by atoms with E-state index in [1.165, 1.54) is 6.33 Å². The van der Waals surface area contributed by atoms with Crippen LogP contribution < -0.4 is 0 Å². The Labute approximate surface area is 161 Å². The Morgan fingerprint density at radius 1 is 1.15 bits per heavy atom. The number of benzene rings is 1. The lowest BCUT2D eigenvalue weighted by Crippen LogP contribution is -2.27. The predicted molar refractivity (Wildman–Crippen MR) is 106 cm³/mol. The van der Waals surface area contributed by atoms with Gasteiger partial charge < -0.3 is 10.1 Å². The summed E-state index contributed by atoms with van der Waals surface area (Å²) >= 11 is 0.992. The molecule has 0 saturated carbocycles. The van der Waals surface area contributed by atoms with Crippen LogP contribution in [0.4, 0.5) is 4.39 Å². The van der Waals surface area contributed by atoms with E-state index in [0.29, 0.717) is 27.2 Å². The molecule has 2 heterocycles. The largest absolute Gasteiger partial charge is 0.480 e. The fourth-order valence-electron chi connectivity index (χ4n) is 2.60. The van der Waals surface area contributed by atoms with E-state index < -0.39 is 16.5 Å². The fourth-order valence-corrected chi connectivity index (χ4v) is 3.57. The van der Waals surface area contributed by atoms with Crippen molar-refractivity contribution < 1.29 is 14.3 Å². The van der Waals surface area contributed by atoms with Crippen LogP contribution in [0.25, 0.3) is 22.3 Å². The van der Waals surface area contributed by atoms with Crippen LogP contribution in [0.3, 0.4) is 0 Å². The Morgan fingerprint density at radius 3 is 2.48 bits per heavy atom. The van der Waals surface area contributed by atoms with E-state index in [1.807, 2.05) is 6.07 Å². The lowest BCUT2D eigenvalue weighted by molar-refractivity contribution is -0.138. The molecule has 1 aromatic carbocycles. The van der Waals surface area contributed by atoms with Crippen molar-refractivity contribution in [3.63, 3.8) is 0 Å². The molecule has 3 aromatic rings. The van der Waals surface area contributed by atoms with E-state index in [4.69, 9.17) is 0 Å². The average molecular weight is 387 g/mol. The molecule has 7 heteroatoms. The average Bonchev–Trinajstić information content (AvgIpc) is 3.02. The molecule has 0 atom stereocenters. The Kier molecular flexibility index (Phi) is 4.76. The second kappa shape index (κ2) is 6.64. The third-order valence-corrected chi connectivity index (χ3v) is 5.51. The normalized spacial score (nSPS) is 12.5. The van der Waals surface area contributed by atoms with Gasteiger partial charge in [0.25, 0.3) is 0 Å². The molecule has 3 rings (SSSR count). The molecule has 0 unspecified atom stereocenters. The van der Waals surface area contributed by atoms with Crippen LogP contribution in [-0.2, 0) is 10.2 Å². The molecule has 0 aliphatic heterocycles. The molecular weight excluding hydrogens is 365 g/mol. The van der Waals surface area contributed by atoms with Gasteiger partial charge in [-0.15, -0.1) is 11.8 Å². The molecule has 2 N–H and O–H groups in total. The van der Waals surface area contributed by atoms with Crippen LogP contribution in [0, 0.1) is 5.82 Å². The van der Waals surface area contributed by atoms with Gasteiger partial charge in [0.2, 0.25) is 0 Å². The van der Waals surface area contributed by atoms with Crippen molar-refractivity contribution in [2.75, 3.05) is 0 Å². The van der Waals surface area contributed by atoms with Gasteiger partial charge in [0.15, 0.2) is 0 Å². The number of thioether (sulfide) groups is 1. The van der Waals surface area contributed by atoms with E-state index in [2.05, 4.69) is 35.7 Å². The smallest absolute Gasteiger partial charge is 0.319 e. The quantitative estimate of drug-likeness (QED) is 0.615. The van der Waals surface area contributed by atoms with Gasteiger partial charge >= 0.3 is 5.97 Å². The van der Waals surface area contributed by atoms with E-state index in [0.717, 1.165) is 17.5 Å². The Balaban J connectivity index is 2.04. The number of carboxylic acids is 1. The van der Waals surface area contributed by atoms with Gasteiger partial charge in [-0.3, -0.25) is 4.79 Å². The molecule has 0 bridgehead atoms. The summed E-state index contributed by atoms with van der Waals surface area (Å²) in [6.45, 7) is 9.31. The summed E-state index contributed by atoms with van der Waals surface area (Å²) in [4.78, 5) is 23.5. The van der Waals surface area contributed by atoms with Gasteiger partial charge in [0, 0.05) is 26.9 Å². The van der Waals surface area contributed by atoms with Crippen molar-refractivity contribution in [2.24, 2.45) is 0 Å². The number of aromatic amines is 1. The molecule has 142 valence electrons. The first-order chi connectivity index (χ1) is 12.5. The van der Waals surface area contributed by atoms with Crippen molar-refractivity contribution >= 4 is 28.6 Å². The number of fused-ring (bicyclic) bond motifs is 1. The monoisotopic (exact) mass is 387 g/mol. The lowest BCUT2D eigenvalue weighted by Gasteiger charge is -2.18. The van der Waals surface area contributed by atoms with Crippen molar-refractivity contribution in [3.05, 3.63) is 42.1 Å². The van der Waals surface area contributed by atoms with Crippen LogP contribution in [0.15, 0.2) is 35.5 Å². The molecule has 0 radical (unpaired) electrons. The number of aromatic nitrogens is 3. The Morgan fingerprint density at radius 2 is 1.85 bits per heavy atom. The second-order valence-corrected chi connectivity index (χ2v) is 9.64. The highest BCUT2D eigenvalue weighted by Crippen LogP contribution is 2.37. The number of hydrogen-bond acceptors (Lipinski definition) is 4. The maximum Gasteiger partial charge on any atom is 0.319 e. The van der Waals surface area contributed by atoms with Crippen molar-refractivity contribution in [3.8, 4) is 11.4 Å². The number of carbonyl (C=O) groups is 1. The minimum Gasteiger partial charge on any atom is -0.480 e. The molecule has 0 aliphatic carbocycles. The van der Waals surface area contributed by atoms with Gasteiger partial charge in [-0.25, -0.2) is 14.4 Å². The Hall–Kier alpha value is -2.41. The maximum atomic E-state index is 15.0. The van der Waals surface area contributed by atoms with Gasteiger partial charge in [-0.1, -0.05) is 20.8 Å². The summed E-state index contributed by atoms with van der Waals surface area (Å²) in [5.74, 6) is -1.42. The van der Waals surface area contributed by atoms with Crippen LogP contribution >= 0.6 is 11.8 Å². The summed E-state index contributed by atoms with van der Waals surface area (Å²) in [5, 5.41) is 9.70. The van der Waals surface area contributed by atoms with Crippen molar-refractivity contribution in [1.29, 1.82) is 0 Å². The maximum absolute atomic E-state index is 15.0. The number of hydrogen-bond donors (Lipinski definition) is 2. The van der Waals surface area contributed by atoms with E-state index in [1.54, 1.807) is 32.0 Å². The van der Waals surface area contributed by atoms with E-state index >= 15 is 0 Å². The topological polar surface area (TPSA) is 78.9 Å². The van der Waals surface area contributed by atoms with Crippen LogP contribution in [0.5, 0.6) is 0 Å². The highest BCUT2D eigenvalue weighted by atomic mass is 32.2. The highest BCUT2D eigenvalue weighted by Gasteiger charge is 2.30. The fraction of sp³-hybridized carbons (Fsp3) is 0.350. The van der Waals surface area contributed by atoms with Gasteiger partial charge in [-0.05, 0) is 38.1 Å². The molecule has 27 heavy (non-hydrogen) atoms. The van der Waals surface area contributed by atoms with Crippen LogP contribution in [0.1, 0.15) is 40.3 Å². The number of halogens is 1. The minimum atomic E-state index is -1.12. The van der Waals surface area contributed by atoms with E-state index in [-0.39, 0.29) is 5.41 Å². The summed E-state index contributed by atoms with van der Waals surface area (Å²) in [7, 11) is 0. The number of aliphatic carboxylic acids is 1. The number of carboxylic acid groups (broad SMARTS) is 1. The third kappa shape index (κ3) is 3.83. The molecular formula is C20H22FN3O2S. The van der Waals surface area contributed by atoms with Gasteiger partial charge in [-0.2, -0.15) is 0 Å². The standard InChI is InChI=1S/C20H22FN3O2S/c1-19(2,3)16-9-13(22-10-23-16)14-8-11-12(24-14)6-7-15(17(11)21)27-20(4,5)18(25)26/h6-10,24H,1-5H3,(H,25,26). The number of rotatable bonds is 4. The zero-order valence-corrected chi connectivity index (χ0v) is 16.7. The number of nitrogens with one attached hydrogen (secondary N) is 1. The highest BCUT2D eigenvalue weighted by molar-refractivity contribution is 8.01.